The van der Waals surface area contributed by atoms with Gasteiger partial charge in [0, 0.05) is 10.2 Å². The summed E-state index contributed by atoms with van der Waals surface area (Å²) in [5.74, 6) is 0. The van der Waals surface area contributed by atoms with Gasteiger partial charge in [0.25, 0.3) is 0 Å². The van der Waals surface area contributed by atoms with Crippen LogP contribution in [-0.2, 0) is 4.12 Å². The van der Waals surface area contributed by atoms with Crippen LogP contribution < -0.4 is 0 Å². The first kappa shape index (κ1) is 11.6. The van der Waals surface area contributed by atoms with Gasteiger partial charge in [-0.15, -0.1) is 0 Å². The van der Waals surface area contributed by atoms with Gasteiger partial charge in [-0.3, -0.25) is 0 Å². The zero-order valence-electron chi connectivity index (χ0n) is 8.27. The molecule has 0 fully saturated rings. The summed E-state index contributed by atoms with van der Waals surface area (Å²) in [6.45, 7) is 6.34. The van der Waals surface area contributed by atoms with Crippen molar-refractivity contribution in [3.63, 3.8) is 0 Å². The maximum absolute atomic E-state index is 10.1. The highest BCUT2D eigenvalue weighted by atomic mass is 28.4. The molecule has 1 N–H and O–H groups in total. The first-order chi connectivity index (χ1) is 4.87. The van der Waals surface area contributed by atoms with E-state index in [1.807, 2.05) is 0 Å². The lowest BCUT2D eigenvalue weighted by Crippen LogP contribution is -2.56. The Morgan fingerprint density at radius 3 is 2.27 bits per heavy atom. The van der Waals surface area contributed by atoms with Crippen molar-refractivity contribution in [2.45, 2.75) is 37.7 Å². The van der Waals surface area contributed by atoms with Gasteiger partial charge in [-0.25, -0.2) is 0 Å². The highest BCUT2D eigenvalue weighted by Crippen LogP contribution is 2.22. The molecule has 68 valence electrons. The SMILES string of the molecule is CCCC(O)([SiH3])[Si](C)(C)O[SiH3]. The number of aliphatic hydroxyl groups is 1. The fourth-order valence-electron chi connectivity index (χ4n) is 1.01. The summed E-state index contributed by atoms with van der Waals surface area (Å²) in [4.78, 5) is -0.413. The van der Waals surface area contributed by atoms with Crippen LogP contribution in [0.4, 0.5) is 0 Å². The van der Waals surface area contributed by atoms with Crippen LogP contribution in [0.25, 0.3) is 0 Å². The van der Waals surface area contributed by atoms with E-state index in [-0.39, 0.29) is 0 Å². The molecule has 0 aliphatic heterocycles. The molecule has 0 amide bonds. The van der Waals surface area contributed by atoms with Gasteiger partial charge >= 0.3 is 0 Å². The second-order valence-corrected chi connectivity index (χ2v) is 12.1. The van der Waals surface area contributed by atoms with E-state index in [4.69, 9.17) is 4.12 Å². The largest absolute Gasteiger partial charge is 0.462 e. The van der Waals surface area contributed by atoms with E-state index in [1.165, 1.54) is 0 Å². The normalized spacial score (nSPS) is 18.5. The number of hydrogen-bond acceptors (Lipinski definition) is 2. The predicted octanol–water partition coefficient (Wildman–Crippen LogP) is -1.12. The summed E-state index contributed by atoms with van der Waals surface area (Å²) >= 11 is 0. The number of rotatable bonds is 4. The summed E-state index contributed by atoms with van der Waals surface area (Å²) in [6.07, 6.45) is 1.97. The van der Waals surface area contributed by atoms with Crippen LogP contribution in [0.1, 0.15) is 19.8 Å². The quantitative estimate of drug-likeness (QED) is 0.593. The Morgan fingerprint density at radius 2 is 2.00 bits per heavy atom. The highest BCUT2D eigenvalue weighted by Gasteiger charge is 2.40. The molecule has 0 spiro atoms. The number of hydrogen-bond donors (Lipinski definition) is 1. The lowest BCUT2D eigenvalue weighted by Gasteiger charge is -2.37. The molecule has 0 rings (SSSR count). The molecule has 0 bridgehead atoms. The van der Waals surface area contributed by atoms with Gasteiger partial charge in [0.1, 0.15) is 10.5 Å². The van der Waals surface area contributed by atoms with Crippen molar-refractivity contribution in [3.05, 3.63) is 0 Å². The van der Waals surface area contributed by atoms with Crippen molar-refractivity contribution in [2.24, 2.45) is 0 Å². The molecular weight excluding hydrogens is 188 g/mol. The summed E-state index contributed by atoms with van der Waals surface area (Å²) in [6, 6.07) is 0. The summed E-state index contributed by atoms with van der Waals surface area (Å²) < 4.78 is 5.52. The lowest BCUT2D eigenvalue weighted by molar-refractivity contribution is 0.173. The lowest BCUT2D eigenvalue weighted by atomic mass is 10.3. The fourth-order valence-corrected chi connectivity index (χ4v) is 5.96. The highest BCUT2D eigenvalue weighted by molar-refractivity contribution is 6.82. The molecule has 2 nitrogen and oxygen atoms in total. The van der Waals surface area contributed by atoms with Crippen LogP contribution in [0.2, 0.25) is 13.1 Å². The molecule has 0 aromatic heterocycles. The first-order valence-corrected chi connectivity index (χ1v) is 8.87. The van der Waals surface area contributed by atoms with Gasteiger partial charge in [0.05, 0.1) is 4.85 Å². The topological polar surface area (TPSA) is 29.5 Å². The van der Waals surface area contributed by atoms with E-state index in [1.54, 1.807) is 0 Å². The minimum absolute atomic E-state index is 0.413. The zero-order chi connectivity index (χ0) is 9.12. The maximum Gasteiger partial charge on any atom is 0.200 e. The Kier molecular flexibility index (Phi) is 4.20. The minimum atomic E-state index is -1.75. The molecule has 0 radical (unpaired) electrons. The van der Waals surface area contributed by atoms with Gasteiger partial charge < -0.3 is 9.22 Å². The molecule has 0 saturated carbocycles. The van der Waals surface area contributed by atoms with Crippen molar-refractivity contribution in [1.82, 2.24) is 0 Å². The fraction of sp³-hybridized carbons (Fsp3) is 1.00. The molecule has 0 aromatic rings. The Morgan fingerprint density at radius 1 is 1.55 bits per heavy atom. The van der Waals surface area contributed by atoms with E-state index in [2.05, 4.69) is 20.0 Å². The first-order valence-electron chi connectivity index (χ1n) is 4.15. The molecular formula is C6H20O2Si3. The van der Waals surface area contributed by atoms with Gasteiger partial charge in [-0.05, 0) is 19.5 Å². The molecule has 0 saturated heterocycles. The molecule has 0 heterocycles. The predicted molar refractivity (Wildman–Crippen MR) is 58.3 cm³/mol. The Hall–Kier alpha value is 0.571. The van der Waals surface area contributed by atoms with Crippen LogP contribution in [0, 0.1) is 0 Å². The van der Waals surface area contributed by atoms with Gasteiger partial charge in [-0.2, -0.15) is 0 Å². The second kappa shape index (κ2) is 3.99. The van der Waals surface area contributed by atoms with Crippen LogP contribution in [0.3, 0.4) is 0 Å². The average Bonchev–Trinajstić information content (AvgIpc) is 1.87. The molecule has 11 heavy (non-hydrogen) atoms. The van der Waals surface area contributed by atoms with Crippen molar-refractivity contribution in [2.75, 3.05) is 0 Å². The van der Waals surface area contributed by atoms with Crippen LogP contribution in [0.15, 0.2) is 0 Å². The smallest absolute Gasteiger partial charge is 0.200 e. The maximum atomic E-state index is 10.1. The van der Waals surface area contributed by atoms with Crippen molar-refractivity contribution >= 4 is 29.0 Å². The third-order valence-corrected chi connectivity index (χ3v) is 13.6. The monoisotopic (exact) mass is 208 g/mol. The van der Waals surface area contributed by atoms with E-state index in [0.717, 1.165) is 33.6 Å². The Bertz CT molecular complexity index is 125. The van der Waals surface area contributed by atoms with Crippen molar-refractivity contribution < 1.29 is 9.22 Å². The molecule has 1 unspecified atom stereocenters. The standard InChI is InChI=1S/C6H20O2Si3/c1-4-5-6(7,9)11(2,3)8-10/h7H,4-5H2,1-3,9-10H3. The third-order valence-electron chi connectivity index (χ3n) is 2.54. The molecule has 0 aliphatic rings. The summed E-state index contributed by atoms with van der Waals surface area (Å²) in [7, 11) is -0.147. The van der Waals surface area contributed by atoms with Crippen LogP contribution >= 0.6 is 0 Å². The molecule has 0 aromatic carbocycles. The second-order valence-electron chi connectivity index (χ2n) is 3.74. The van der Waals surface area contributed by atoms with Crippen LogP contribution in [-0.4, -0.2) is 39.0 Å². The Balaban J connectivity index is 4.26. The van der Waals surface area contributed by atoms with Gasteiger partial charge in [0.2, 0.25) is 8.32 Å². The summed E-state index contributed by atoms with van der Waals surface area (Å²) in [5, 5.41) is 10.1. The van der Waals surface area contributed by atoms with E-state index in [9.17, 15) is 5.11 Å². The van der Waals surface area contributed by atoms with Crippen molar-refractivity contribution in [1.29, 1.82) is 0 Å². The average molecular weight is 208 g/mol. The van der Waals surface area contributed by atoms with E-state index < -0.39 is 13.2 Å². The van der Waals surface area contributed by atoms with Gasteiger partial charge in [0.15, 0.2) is 0 Å². The molecule has 1 atom stereocenters. The minimum Gasteiger partial charge on any atom is -0.462 e. The van der Waals surface area contributed by atoms with E-state index >= 15 is 0 Å². The van der Waals surface area contributed by atoms with E-state index in [0.29, 0.717) is 0 Å². The molecule has 0 aliphatic carbocycles. The van der Waals surface area contributed by atoms with Crippen LogP contribution in [0.5, 0.6) is 0 Å². The van der Waals surface area contributed by atoms with Gasteiger partial charge in [-0.1, -0.05) is 13.3 Å². The summed E-state index contributed by atoms with van der Waals surface area (Å²) in [5.41, 5.74) is 0. The zero-order valence-corrected chi connectivity index (χ0v) is 13.3. The third kappa shape index (κ3) is 2.83. The van der Waals surface area contributed by atoms with Crippen molar-refractivity contribution in [3.8, 4) is 0 Å². The molecule has 5 heteroatoms. The Labute approximate surface area is 76.4 Å².